The summed E-state index contributed by atoms with van der Waals surface area (Å²) in [5, 5.41) is 16.5. The number of hydrogen-bond donors (Lipinski definition) is 4. The first kappa shape index (κ1) is 21.2. The summed E-state index contributed by atoms with van der Waals surface area (Å²) in [7, 11) is 0. The van der Waals surface area contributed by atoms with Crippen LogP contribution in [0.2, 0.25) is 0 Å². The van der Waals surface area contributed by atoms with Crippen LogP contribution in [0.3, 0.4) is 0 Å². The Morgan fingerprint density at radius 3 is 2.94 bits per heavy atom. The van der Waals surface area contributed by atoms with Gasteiger partial charge in [0.1, 0.15) is 24.2 Å². The van der Waals surface area contributed by atoms with Gasteiger partial charge < -0.3 is 25.6 Å². The summed E-state index contributed by atoms with van der Waals surface area (Å²) in [5.74, 6) is 0.171. The van der Waals surface area contributed by atoms with Crippen LogP contribution in [0.4, 0.5) is 26.4 Å². The zero-order valence-electron chi connectivity index (χ0n) is 18.0. The molecular weight excluding hydrogens is 429 g/mol. The van der Waals surface area contributed by atoms with Crippen LogP contribution in [-0.2, 0) is 4.74 Å². The Labute approximate surface area is 189 Å². The van der Waals surface area contributed by atoms with Crippen molar-refractivity contribution in [3.05, 3.63) is 35.9 Å². The van der Waals surface area contributed by atoms with E-state index in [0.29, 0.717) is 60.2 Å². The highest BCUT2D eigenvalue weighted by Crippen LogP contribution is 2.39. The highest BCUT2D eigenvalue weighted by atomic mass is 19.1. The topological polar surface area (TPSA) is 132 Å². The molecule has 3 heterocycles. The number of carbonyl (C=O) groups excluding carboxylic acids is 1. The summed E-state index contributed by atoms with van der Waals surface area (Å²) in [6.45, 7) is 3.02. The number of aliphatic hydroxyl groups is 1. The van der Waals surface area contributed by atoms with Crippen LogP contribution >= 0.6 is 0 Å². The molecule has 2 atom stereocenters. The van der Waals surface area contributed by atoms with Crippen LogP contribution < -0.4 is 21.1 Å². The first-order valence-corrected chi connectivity index (χ1v) is 10.8. The minimum absolute atomic E-state index is 0.0367. The van der Waals surface area contributed by atoms with E-state index >= 15 is 4.39 Å². The largest absolute Gasteiger partial charge is 0.474 e. The van der Waals surface area contributed by atoms with E-state index in [9.17, 15) is 9.90 Å². The van der Waals surface area contributed by atoms with Crippen molar-refractivity contribution in [3.8, 4) is 17.0 Å². The van der Waals surface area contributed by atoms with Crippen LogP contribution in [-0.4, -0.2) is 46.5 Å². The molecule has 0 radical (unpaired) electrons. The lowest BCUT2D eigenvalue weighted by Gasteiger charge is -2.22. The van der Waals surface area contributed by atoms with Crippen molar-refractivity contribution in [2.45, 2.75) is 38.4 Å². The molecule has 9 nitrogen and oxygen atoms in total. The average Bonchev–Trinajstić information content (AvgIpc) is 3.21. The Balaban J connectivity index is 1.47. The summed E-state index contributed by atoms with van der Waals surface area (Å²) in [4.78, 5) is 20.7. The van der Waals surface area contributed by atoms with E-state index < -0.39 is 18.0 Å². The van der Waals surface area contributed by atoms with Crippen molar-refractivity contribution in [1.29, 1.82) is 0 Å². The molecule has 1 aliphatic heterocycles. The van der Waals surface area contributed by atoms with Gasteiger partial charge in [-0.3, -0.25) is 5.32 Å². The maximum Gasteiger partial charge on any atom is 0.413 e. The lowest BCUT2D eigenvalue weighted by atomic mass is 9.97. The van der Waals surface area contributed by atoms with Crippen LogP contribution in [0.25, 0.3) is 21.9 Å². The molecule has 172 valence electrons. The molecule has 1 saturated carbocycles. The predicted octanol–water partition coefficient (Wildman–Crippen LogP) is 3.59. The molecule has 5 N–H and O–H groups in total. The second-order valence-electron chi connectivity index (χ2n) is 8.31. The van der Waals surface area contributed by atoms with Gasteiger partial charge in [0.05, 0.1) is 11.8 Å². The molecule has 1 aliphatic carbocycles. The molecule has 3 aromatic rings. The maximum atomic E-state index is 15.3. The van der Waals surface area contributed by atoms with Crippen molar-refractivity contribution in [1.82, 2.24) is 9.97 Å². The number of nitrogens with two attached hydrogens (primary N) is 1. The van der Waals surface area contributed by atoms with E-state index in [-0.39, 0.29) is 17.6 Å². The average molecular weight is 453 g/mol. The quantitative estimate of drug-likeness (QED) is 0.443. The Morgan fingerprint density at radius 1 is 1.30 bits per heavy atom. The van der Waals surface area contributed by atoms with Gasteiger partial charge in [-0.05, 0) is 42.8 Å². The standard InChI is InChI=1S/C23H24FN5O4/c1-11-16(9-28-22-21(11)26-4-5-32-22)15-6-12-7-18(27-10-17(12)20(25)19(15)24)29-23(31)33-14-3-2-13(30)8-14/h6-7,9-10,13-14,26,30H,2-5,8,25H2,1H3,(H,27,29,31)/t13-,14+/m1/s1. The summed E-state index contributed by atoms with van der Waals surface area (Å²) in [6, 6.07) is 3.27. The number of nitrogen functional groups attached to an aromatic ring is 1. The van der Waals surface area contributed by atoms with Gasteiger partial charge in [0, 0.05) is 41.9 Å². The van der Waals surface area contributed by atoms with Crippen LogP contribution in [0.5, 0.6) is 5.88 Å². The number of nitrogens with one attached hydrogen (secondary N) is 2. The molecule has 5 rings (SSSR count). The number of halogens is 1. The Hall–Kier alpha value is -3.66. The van der Waals surface area contributed by atoms with Gasteiger partial charge >= 0.3 is 6.09 Å². The summed E-state index contributed by atoms with van der Waals surface area (Å²) in [5.41, 5.74) is 8.48. The van der Waals surface area contributed by atoms with E-state index in [4.69, 9.17) is 15.2 Å². The van der Waals surface area contributed by atoms with Crippen molar-refractivity contribution < 1.29 is 23.8 Å². The number of rotatable bonds is 3. The van der Waals surface area contributed by atoms with Crippen LogP contribution in [0.15, 0.2) is 24.5 Å². The maximum absolute atomic E-state index is 15.3. The molecule has 10 heteroatoms. The van der Waals surface area contributed by atoms with Gasteiger partial charge in [0.25, 0.3) is 0 Å². The molecule has 33 heavy (non-hydrogen) atoms. The number of carbonyl (C=O) groups is 1. The minimum atomic E-state index is -0.655. The first-order valence-electron chi connectivity index (χ1n) is 10.8. The number of pyridine rings is 2. The SMILES string of the molecule is Cc1c(-c2cc3cc(NC(=O)O[C@H]4CC[C@@H](O)C4)ncc3c(N)c2F)cnc2c1NCCO2. The fraction of sp³-hybridized carbons (Fsp3) is 0.348. The number of aromatic nitrogens is 2. The van der Waals surface area contributed by atoms with E-state index in [1.54, 1.807) is 18.3 Å². The van der Waals surface area contributed by atoms with Crippen molar-refractivity contribution in [2.24, 2.45) is 0 Å². The number of amides is 1. The molecule has 1 fully saturated rings. The summed E-state index contributed by atoms with van der Waals surface area (Å²) >= 11 is 0. The van der Waals surface area contributed by atoms with Gasteiger partial charge in [-0.25, -0.2) is 19.2 Å². The second kappa shape index (κ2) is 8.36. The molecule has 1 amide bonds. The molecule has 2 aromatic heterocycles. The van der Waals surface area contributed by atoms with Gasteiger partial charge in [-0.15, -0.1) is 0 Å². The predicted molar refractivity (Wildman–Crippen MR) is 122 cm³/mol. The number of fused-ring (bicyclic) bond motifs is 2. The number of aliphatic hydroxyl groups excluding tert-OH is 1. The fourth-order valence-corrected chi connectivity index (χ4v) is 4.36. The van der Waals surface area contributed by atoms with E-state index in [1.165, 1.54) is 6.20 Å². The van der Waals surface area contributed by atoms with Crippen molar-refractivity contribution in [3.63, 3.8) is 0 Å². The lowest BCUT2D eigenvalue weighted by Crippen LogP contribution is -2.21. The van der Waals surface area contributed by atoms with Gasteiger partial charge in [-0.2, -0.15) is 0 Å². The highest BCUT2D eigenvalue weighted by Gasteiger charge is 2.26. The Bertz CT molecular complexity index is 1250. The van der Waals surface area contributed by atoms with Gasteiger partial charge in [-0.1, -0.05) is 0 Å². The molecule has 2 aliphatic rings. The van der Waals surface area contributed by atoms with Crippen molar-refractivity contribution in [2.75, 3.05) is 29.5 Å². The van der Waals surface area contributed by atoms with Gasteiger partial charge in [0.2, 0.25) is 5.88 Å². The van der Waals surface area contributed by atoms with E-state index in [0.717, 1.165) is 11.3 Å². The number of anilines is 3. The van der Waals surface area contributed by atoms with E-state index in [2.05, 4.69) is 20.6 Å². The normalized spacial score (nSPS) is 19.5. The smallest absolute Gasteiger partial charge is 0.413 e. The number of benzene rings is 1. The molecule has 0 saturated heterocycles. The molecule has 0 spiro atoms. The Morgan fingerprint density at radius 2 is 2.15 bits per heavy atom. The third kappa shape index (κ3) is 3.97. The number of ether oxygens (including phenoxy) is 2. The minimum Gasteiger partial charge on any atom is -0.474 e. The van der Waals surface area contributed by atoms with E-state index in [1.807, 2.05) is 6.92 Å². The third-order valence-electron chi connectivity index (χ3n) is 6.10. The molecular formula is C23H24FN5O4. The summed E-state index contributed by atoms with van der Waals surface area (Å²) < 4.78 is 26.2. The lowest BCUT2D eigenvalue weighted by molar-refractivity contribution is 0.0999. The zero-order valence-corrected chi connectivity index (χ0v) is 18.0. The number of hydrogen-bond acceptors (Lipinski definition) is 8. The van der Waals surface area contributed by atoms with Crippen LogP contribution in [0.1, 0.15) is 24.8 Å². The van der Waals surface area contributed by atoms with Crippen molar-refractivity contribution >= 4 is 34.1 Å². The molecule has 0 unspecified atom stereocenters. The summed E-state index contributed by atoms with van der Waals surface area (Å²) in [6.07, 6.45) is 3.21. The third-order valence-corrected chi connectivity index (χ3v) is 6.10. The first-order chi connectivity index (χ1) is 15.9. The zero-order chi connectivity index (χ0) is 23.1. The monoisotopic (exact) mass is 453 g/mol. The van der Waals surface area contributed by atoms with Crippen LogP contribution in [0, 0.1) is 12.7 Å². The molecule has 0 bridgehead atoms. The fourth-order valence-electron chi connectivity index (χ4n) is 4.36. The van der Waals surface area contributed by atoms with Gasteiger partial charge in [0.15, 0.2) is 5.82 Å². The molecule has 1 aromatic carbocycles. The Kier molecular flexibility index (Phi) is 5.37. The number of nitrogens with zero attached hydrogens (tertiary/aromatic N) is 2. The highest BCUT2D eigenvalue weighted by molar-refractivity contribution is 5.99. The second-order valence-corrected chi connectivity index (χ2v) is 8.31.